The van der Waals surface area contributed by atoms with Crippen molar-refractivity contribution in [3.63, 3.8) is 0 Å². The zero-order chi connectivity index (χ0) is 21.4. The van der Waals surface area contributed by atoms with Gasteiger partial charge in [0.1, 0.15) is 12.4 Å². The van der Waals surface area contributed by atoms with E-state index in [0.29, 0.717) is 5.69 Å². The molecule has 0 aliphatic rings. The summed E-state index contributed by atoms with van der Waals surface area (Å²) in [6, 6.07) is 9.88. The van der Waals surface area contributed by atoms with Crippen molar-refractivity contribution in [2.45, 2.75) is 31.6 Å². The molecule has 0 saturated carbocycles. The monoisotopic (exact) mass is 422 g/mol. The average Bonchev–Trinajstić information content (AvgIpc) is 2.71. The third-order valence-electron chi connectivity index (χ3n) is 4.16. The van der Waals surface area contributed by atoms with Gasteiger partial charge in [-0.25, -0.2) is 12.8 Å². The lowest BCUT2D eigenvalue weighted by atomic mass is 10.0. The summed E-state index contributed by atoms with van der Waals surface area (Å²) in [6.45, 7) is 2.74. The van der Waals surface area contributed by atoms with Crippen molar-refractivity contribution >= 4 is 27.6 Å². The van der Waals surface area contributed by atoms with Crippen LogP contribution in [0.3, 0.4) is 0 Å². The first-order chi connectivity index (χ1) is 13.8. The zero-order valence-electron chi connectivity index (χ0n) is 16.2. The number of nitrogens with one attached hydrogen (secondary N) is 2. The number of hydrogen-bond acceptors (Lipinski definition) is 5. The molecular weight excluding hydrogens is 399 g/mol. The first-order valence-electron chi connectivity index (χ1n) is 9.08. The molecular formula is C20H23FN2O5S. The number of ether oxygens (including phenoxy) is 1. The SMILES string of the molecule is CCc1cccc(CC)c1NC(=O)COC(=O)CNS(=O)(=O)c1ccc(F)cc1. The molecule has 0 aliphatic heterocycles. The van der Waals surface area contributed by atoms with Gasteiger partial charge in [-0.1, -0.05) is 32.0 Å². The Morgan fingerprint density at radius 2 is 1.59 bits per heavy atom. The van der Waals surface area contributed by atoms with Crippen molar-refractivity contribution in [3.05, 3.63) is 59.4 Å². The van der Waals surface area contributed by atoms with Crippen LogP contribution in [0.1, 0.15) is 25.0 Å². The maximum Gasteiger partial charge on any atom is 0.321 e. The lowest BCUT2D eigenvalue weighted by molar-refractivity contribution is -0.146. The Bertz CT molecular complexity index is 953. The second-order valence-corrected chi connectivity index (χ2v) is 7.91. The van der Waals surface area contributed by atoms with E-state index in [4.69, 9.17) is 4.74 Å². The number of esters is 1. The number of hydrogen-bond donors (Lipinski definition) is 2. The minimum absolute atomic E-state index is 0.187. The van der Waals surface area contributed by atoms with E-state index in [2.05, 4.69) is 5.32 Å². The van der Waals surface area contributed by atoms with Gasteiger partial charge in [-0.3, -0.25) is 9.59 Å². The highest BCUT2D eigenvalue weighted by Crippen LogP contribution is 2.22. The van der Waals surface area contributed by atoms with Crippen molar-refractivity contribution < 1.29 is 27.1 Å². The molecule has 156 valence electrons. The Kier molecular flexibility index (Phi) is 7.86. The number of sulfonamides is 1. The molecule has 0 heterocycles. The molecule has 0 unspecified atom stereocenters. The van der Waals surface area contributed by atoms with E-state index in [1.54, 1.807) is 0 Å². The number of halogens is 1. The number of aryl methyl sites for hydroxylation is 2. The van der Waals surface area contributed by atoms with Crippen LogP contribution >= 0.6 is 0 Å². The van der Waals surface area contributed by atoms with Gasteiger partial charge in [-0.05, 0) is 48.2 Å². The number of carbonyl (C=O) groups excluding carboxylic acids is 2. The van der Waals surface area contributed by atoms with Gasteiger partial charge in [0, 0.05) is 5.69 Å². The zero-order valence-corrected chi connectivity index (χ0v) is 17.0. The molecule has 1 amide bonds. The van der Waals surface area contributed by atoms with Crippen LogP contribution in [0.2, 0.25) is 0 Å². The number of para-hydroxylation sites is 1. The van der Waals surface area contributed by atoms with Gasteiger partial charge < -0.3 is 10.1 Å². The minimum Gasteiger partial charge on any atom is -0.455 e. The lowest BCUT2D eigenvalue weighted by Crippen LogP contribution is -2.32. The van der Waals surface area contributed by atoms with Gasteiger partial charge in [-0.15, -0.1) is 0 Å². The van der Waals surface area contributed by atoms with E-state index >= 15 is 0 Å². The summed E-state index contributed by atoms with van der Waals surface area (Å²) < 4.78 is 43.9. The van der Waals surface area contributed by atoms with Crippen LogP contribution in [-0.2, 0) is 37.2 Å². The number of anilines is 1. The van der Waals surface area contributed by atoms with Crippen LogP contribution in [0.5, 0.6) is 0 Å². The Morgan fingerprint density at radius 1 is 1.00 bits per heavy atom. The summed E-state index contributed by atoms with van der Waals surface area (Å²) >= 11 is 0. The summed E-state index contributed by atoms with van der Waals surface area (Å²) in [6.07, 6.45) is 1.46. The third kappa shape index (κ3) is 6.37. The highest BCUT2D eigenvalue weighted by molar-refractivity contribution is 7.89. The number of rotatable bonds is 9. The van der Waals surface area contributed by atoms with Gasteiger partial charge in [0.2, 0.25) is 10.0 Å². The van der Waals surface area contributed by atoms with Gasteiger partial charge in [0.25, 0.3) is 5.91 Å². The molecule has 0 aromatic heterocycles. The number of carbonyl (C=O) groups is 2. The molecule has 0 atom stereocenters. The molecule has 2 aromatic rings. The van der Waals surface area contributed by atoms with Crippen LogP contribution in [0.4, 0.5) is 10.1 Å². The first kappa shape index (κ1) is 22.5. The molecule has 7 nitrogen and oxygen atoms in total. The van der Waals surface area contributed by atoms with Gasteiger partial charge in [0.05, 0.1) is 4.90 Å². The van der Waals surface area contributed by atoms with Crippen LogP contribution < -0.4 is 10.0 Å². The molecule has 0 fully saturated rings. The van der Waals surface area contributed by atoms with Crippen LogP contribution in [0.25, 0.3) is 0 Å². The molecule has 2 aromatic carbocycles. The van der Waals surface area contributed by atoms with Crippen LogP contribution in [-0.4, -0.2) is 33.4 Å². The maximum atomic E-state index is 12.9. The van der Waals surface area contributed by atoms with Crippen molar-refractivity contribution in [2.24, 2.45) is 0 Å². The topological polar surface area (TPSA) is 102 Å². The van der Waals surface area contributed by atoms with E-state index < -0.39 is 40.9 Å². The van der Waals surface area contributed by atoms with Crippen molar-refractivity contribution in [2.75, 3.05) is 18.5 Å². The van der Waals surface area contributed by atoms with Gasteiger partial charge >= 0.3 is 5.97 Å². The molecule has 2 N–H and O–H groups in total. The molecule has 0 saturated heterocycles. The minimum atomic E-state index is -4.00. The summed E-state index contributed by atoms with van der Waals surface area (Å²) in [5, 5.41) is 2.75. The summed E-state index contributed by atoms with van der Waals surface area (Å²) in [5.41, 5.74) is 2.64. The standard InChI is InChI=1S/C20H23FN2O5S/c1-3-14-6-5-7-15(4-2)20(14)23-18(24)13-28-19(25)12-22-29(26,27)17-10-8-16(21)9-11-17/h5-11,22H,3-4,12-13H2,1-2H3,(H,23,24). The first-order valence-corrected chi connectivity index (χ1v) is 10.6. The van der Waals surface area contributed by atoms with Crippen LogP contribution in [0, 0.1) is 5.82 Å². The van der Waals surface area contributed by atoms with E-state index in [1.807, 2.05) is 36.8 Å². The van der Waals surface area contributed by atoms with Crippen molar-refractivity contribution in [1.29, 1.82) is 0 Å². The van der Waals surface area contributed by atoms with E-state index in [9.17, 15) is 22.4 Å². The largest absolute Gasteiger partial charge is 0.455 e. The van der Waals surface area contributed by atoms with Crippen molar-refractivity contribution in [1.82, 2.24) is 4.72 Å². The quantitative estimate of drug-likeness (QED) is 0.605. The second kappa shape index (κ2) is 10.1. The molecule has 9 heteroatoms. The fraction of sp³-hybridized carbons (Fsp3) is 0.300. The fourth-order valence-electron chi connectivity index (χ4n) is 2.63. The molecule has 0 aliphatic carbocycles. The van der Waals surface area contributed by atoms with E-state index in [-0.39, 0.29) is 4.90 Å². The molecule has 0 spiro atoms. The predicted octanol–water partition coefficient (Wildman–Crippen LogP) is 2.41. The van der Waals surface area contributed by atoms with Crippen LogP contribution in [0.15, 0.2) is 47.4 Å². The second-order valence-electron chi connectivity index (χ2n) is 6.15. The predicted molar refractivity (Wildman–Crippen MR) is 106 cm³/mol. The molecule has 0 bridgehead atoms. The summed E-state index contributed by atoms with van der Waals surface area (Å²) in [5.74, 6) is -2.01. The Labute approximate surface area is 169 Å². The highest BCUT2D eigenvalue weighted by atomic mass is 32.2. The molecule has 0 radical (unpaired) electrons. The smallest absolute Gasteiger partial charge is 0.321 e. The molecule has 29 heavy (non-hydrogen) atoms. The van der Waals surface area contributed by atoms with E-state index in [1.165, 1.54) is 0 Å². The van der Waals surface area contributed by atoms with E-state index in [0.717, 1.165) is 48.2 Å². The fourth-order valence-corrected chi connectivity index (χ4v) is 3.60. The summed E-state index contributed by atoms with van der Waals surface area (Å²) in [4.78, 5) is 23.7. The normalized spacial score (nSPS) is 11.1. The number of amides is 1. The van der Waals surface area contributed by atoms with Gasteiger partial charge in [0.15, 0.2) is 6.61 Å². The Balaban J connectivity index is 1.88. The molecule has 2 rings (SSSR count). The highest BCUT2D eigenvalue weighted by Gasteiger charge is 2.17. The lowest BCUT2D eigenvalue weighted by Gasteiger charge is -2.14. The van der Waals surface area contributed by atoms with Gasteiger partial charge in [-0.2, -0.15) is 4.72 Å². The van der Waals surface area contributed by atoms with Crippen molar-refractivity contribution in [3.8, 4) is 0 Å². The Hall–Kier alpha value is -2.78. The average molecular weight is 422 g/mol. The maximum absolute atomic E-state index is 12.9. The number of benzene rings is 2. The summed E-state index contributed by atoms with van der Waals surface area (Å²) in [7, 11) is -4.00. The Morgan fingerprint density at radius 3 is 2.14 bits per heavy atom. The third-order valence-corrected chi connectivity index (χ3v) is 5.58.